The standard InChI is InChI=1S/C22H28N6O3S/c1-13-7-8-14(2)17(9-13)28-18(10-16-11-19(29)25-21(31)24-16)26-27-22(28)32-12-20(30)23-15-5-3-4-6-15/h7-9,15-16H,3-6,10-12H2,1-2H3,(H,23,30)(H2,24,25,29,31). The molecule has 1 aromatic heterocycles. The van der Waals surface area contributed by atoms with Crippen molar-refractivity contribution in [2.45, 2.75) is 69.6 Å². The van der Waals surface area contributed by atoms with Crippen molar-refractivity contribution in [2.75, 3.05) is 5.75 Å². The Morgan fingerprint density at radius 2 is 2.00 bits per heavy atom. The second kappa shape index (κ2) is 9.72. The Labute approximate surface area is 191 Å². The summed E-state index contributed by atoms with van der Waals surface area (Å²) >= 11 is 1.34. The minimum atomic E-state index is -0.498. The summed E-state index contributed by atoms with van der Waals surface area (Å²) in [6.07, 6.45) is 4.95. The van der Waals surface area contributed by atoms with Crippen LogP contribution in [0.2, 0.25) is 0 Å². The van der Waals surface area contributed by atoms with E-state index in [9.17, 15) is 14.4 Å². The Balaban J connectivity index is 1.57. The number of nitrogens with zero attached hydrogens (tertiary/aromatic N) is 3. The van der Waals surface area contributed by atoms with Crippen LogP contribution in [0.3, 0.4) is 0 Å². The van der Waals surface area contributed by atoms with Crippen molar-refractivity contribution >= 4 is 29.6 Å². The van der Waals surface area contributed by atoms with E-state index in [-0.39, 0.29) is 36.1 Å². The summed E-state index contributed by atoms with van der Waals surface area (Å²) in [5, 5.41) is 17.5. The van der Waals surface area contributed by atoms with E-state index in [4.69, 9.17) is 0 Å². The van der Waals surface area contributed by atoms with Crippen LogP contribution >= 0.6 is 11.8 Å². The maximum atomic E-state index is 12.5. The van der Waals surface area contributed by atoms with E-state index >= 15 is 0 Å². The molecule has 1 aliphatic heterocycles. The van der Waals surface area contributed by atoms with Gasteiger partial charge < -0.3 is 10.6 Å². The molecule has 2 heterocycles. The van der Waals surface area contributed by atoms with E-state index in [0.717, 1.165) is 42.5 Å². The number of imide groups is 1. The first kappa shape index (κ1) is 22.3. The van der Waals surface area contributed by atoms with Gasteiger partial charge in [-0.1, -0.05) is 36.7 Å². The average Bonchev–Trinajstić information content (AvgIpc) is 3.37. The maximum absolute atomic E-state index is 12.5. The molecule has 1 unspecified atom stereocenters. The molecule has 4 rings (SSSR count). The predicted octanol–water partition coefficient (Wildman–Crippen LogP) is 2.18. The van der Waals surface area contributed by atoms with Crippen LogP contribution in [0.4, 0.5) is 4.79 Å². The molecule has 170 valence electrons. The first-order chi connectivity index (χ1) is 15.4. The van der Waals surface area contributed by atoms with Crippen LogP contribution < -0.4 is 16.0 Å². The van der Waals surface area contributed by atoms with Gasteiger partial charge in [-0.15, -0.1) is 10.2 Å². The van der Waals surface area contributed by atoms with Crippen molar-refractivity contribution in [1.82, 2.24) is 30.7 Å². The molecule has 10 heteroatoms. The van der Waals surface area contributed by atoms with Gasteiger partial charge in [0.05, 0.1) is 11.4 Å². The van der Waals surface area contributed by atoms with Crippen molar-refractivity contribution in [1.29, 1.82) is 0 Å². The minimum absolute atomic E-state index is 0.00446. The first-order valence-corrected chi connectivity index (χ1v) is 11.9. The monoisotopic (exact) mass is 456 g/mol. The number of aromatic nitrogens is 3. The zero-order valence-corrected chi connectivity index (χ0v) is 19.1. The highest BCUT2D eigenvalue weighted by Gasteiger charge is 2.27. The largest absolute Gasteiger partial charge is 0.353 e. The molecule has 1 saturated carbocycles. The lowest BCUT2D eigenvalue weighted by atomic mass is 10.1. The van der Waals surface area contributed by atoms with E-state index < -0.39 is 6.03 Å². The Morgan fingerprint density at radius 3 is 2.75 bits per heavy atom. The van der Waals surface area contributed by atoms with Gasteiger partial charge in [0, 0.05) is 24.9 Å². The second-order valence-corrected chi connectivity index (χ2v) is 9.43. The number of hydrogen-bond acceptors (Lipinski definition) is 6. The lowest BCUT2D eigenvalue weighted by Crippen LogP contribution is -2.53. The second-order valence-electron chi connectivity index (χ2n) is 8.49. The molecule has 32 heavy (non-hydrogen) atoms. The lowest BCUT2D eigenvalue weighted by molar-refractivity contribution is -0.121. The number of hydrogen-bond donors (Lipinski definition) is 3. The average molecular weight is 457 g/mol. The van der Waals surface area contributed by atoms with Crippen LogP contribution in [-0.4, -0.2) is 50.4 Å². The fourth-order valence-electron chi connectivity index (χ4n) is 4.22. The molecule has 4 amide bonds. The van der Waals surface area contributed by atoms with E-state index in [1.54, 1.807) is 0 Å². The van der Waals surface area contributed by atoms with Crippen molar-refractivity contribution in [3.8, 4) is 5.69 Å². The Kier molecular flexibility index (Phi) is 6.78. The summed E-state index contributed by atoms with van der Waals surface area (Å²) in [7, 11) is 0. The van der Waals surface area contributed by atoms with Crippen LogP contribution in [-0.2, 0) is 16.0 Å². The Hall–Kier alpha value is -2.88. The van der Waals surface area contributed by atoms with Gasteiger partial charge >= 0.3 is 6.03 Å². The number of rotatable bonds is 7. The lowest BCUT2D eigenvalue weighted by Gasteiger charge is -2.23. The summed E-state index contributed by atoms with van der Waals surface area (Å²) < 4.78 is 1.94. The highest BCUT2D eigenvalue weighted by atomic mass is 32.2. The highest BCUT2D eigenvalue weighted by molar-refractivity contribution is 7.99. The van der Waals surface area contributed by atoms with Crippen LogP contribution in [0.1, 0.15) is 49.1 Å². The van der Waals surface area contributed by atoms with Gasteiger partial charge in [0.25, 0.3) is 0 Å². The molecule has 0 spiro atoms. The third kappa shape index (κ3) is 5.29. The topological polar surface area (TPSA) is 118 Å². The number of thioether (sulfide) groups is 1. The molecule has 2 aliphatic rings. The smallest absolute Gasteiger partial charge is 0.321 e. The van der Waals surface area contributed by atoms with E-state index in [0.29, 0.717) is 17.4 Å². The van der Waals surface area contributed by atoms with Crippen molar-refractivity contribution < 1.29 is 14.4 Å². The van der Waals surface area contributed by atoms with E-state index in [1.165, 1.54) is 11.8 Å². The number of amides is 4. The number of benzene rings is 1. The molecule has 1 saturated heterocycles. The van der Waals surface area contributed by atoms with Crippen LogP contribution in [0, 0.1) is 13.8 Å². The quantitative estimate of drug-likeness (QED) is 0.550. The molecule has 0 radical (unpaired) electrons. The van der Waals surface area contributed by atoms with Crippen molar-refractivity contribution in [3.05, 3.63) is 35.2 Å². The summed E-state index contributed by atoms with van der Waals surface area (Å²) in [6.45, 7) is 4.02. The fourth-order valence-corrected chi connectivity index (χ4v) is 4.99. The molecule has 9 nitrogen and oxygen atoms in total. The SMILES string of the molecule is Cc1ccc(C)c(-n2c(CC3CC(=O)NC(=O)N3)nnc2SCC(=O)NC2CCCC2)c1. The number of aryl methyl sites for hydroxylation is 2. The number of urea groups is 1. The molecule has 1 aliphatic carbocycles. The van der Waals surface area contributed by atoms with Gasteiger partial charge in [-0.2, -0.15) is 0 Å². The summed E-state index contributed by atoms with van der Waals surface area (Å²) in [6, 6.07) is 5.53. The van der Waals surface area contributed by atoms with Gasteiger partial charge in [-0.25, -0.2) is 4.79 Å². The van der Waals surface area contributed by atoms with Crippen LogP contribution in [0.15, 0.2) is 23.4 Å². The molecule has 1 aromatic carbocycles. The molecule has 1 atom stereocenters. The van der Waals surface area contributed by atoms with Gasteiger partial charge in [0.1, 0.15) is 5.82 Å². The molecular weight excluding hydrogens is 428 g/mol. The zero-order chi connectivity index (χ0) is 22.7. The normalized spacial score (nSPS) is 19.0. The number of carbonyl (C=O) groups excluding carboxylic acids is 3. The van der Waals surface area contributed by atoms with Crippen molar-refractivity contribution in [2.24, 2.45) is 0 Å². The third-order valence-electron chi connectivity index (χ3n) is 5.81. The van der Waals surface area contributed by atoms with Crippen LogP contribution in [0.5, 0.6) is 0 Å². The first-order valence-electron chi connectivity index (χ1n) is 10.9. The molecule has 2 aromatic rings. The van der Waals surface area contributed by atoms with Crippen LogP contribution in [0.25, 0.3) is 5.69 Å². The van der Waals surface area contributed by atoms with Crippen molar-refractivity contribution in [3.63, 3.8) is 0 Å². The fraction of sp³-hybridized carbons (Fsp3) is 0.500. The number of nitrogens with one attached hydrogen (secondary N) is 3. The molecule has 3 N–H and O–H groups in total. The van der Waals surface area contributed by atoms with Gasteiger partial charge in [-0.3, -0.25) is 19.5 Å². The Morgan fingerprint density at radius 1 is 1.22 bits per heavy atom. The highest BCUT2D eigenvalue weighted by Crippen LogP contribution is 2.26. The predicted molar refractivity (Wildman–Crippen MR) is 121 cm³/mol. The van der Waals surface area contributed by atoms with Gasteiger partial charge in [-0.05, 0) is 43.9 Å². The zero-order valence-electron chi connectivity index (χ0n) is 18.3. The maximum Gasteiger partial charge on any atom is 0.321 e. The summed E-state index contributed by atoms with van der Waals surface area (Å²) in [4.78, 5) is 36.0. The molecular formula is C22H28N6O3S. The van der Waals surface area contributed by atoms with Gasteiger partial charge in [0.2, 0.25) is 11.8 Å². The molecule has 0 bridgehead atoms. The van der Waals surface area contributed by atoms with Gasteiger partial charge in [0.15, 0.2) is 5.16 Å². The third-order valence-corrected chi connectivity index (χ3v) is 6.74. The van der Waals surface area contributed by atoms with E-state index in [1.807, 2.05) is 30.5 Å². The Bertz CT molecular complexity index is 1010. The minimum Gasteiger partial charge on any atom is -0.353 e. The summed E-state index contributed by atoms with van der Waals surface area (Å²) in [5.41, 5.74) is 3.06. The van der Waals surface area contributed by atoms with E-state index in [2.05, 4.69) is 32.2 Å². The number of carbonyl (C=O) groups is 3. The molecule has 2 fully saturated rings. The summed E-state index contributed by atoms with van der Waals surface area (Å²) in [5.74, 6) is 0.574.